The number of phenolic OH excluding ortho intramolecular Hbond substituents is 1. The van der Waals surface area contributed by atoms with Crippen LogP contribution in [0.15, 0.2) is 36.4 Å². The molecular weight excluding hydrogens is 288 g/mol. The van der Waals surface area contributed by atoms with Crippen molar-refractivity contribution >= 4 is 17.3 Å². The number of nitrogens with one attached hydrogen (secondary N) is 1. The molecule has 0 heterocycles. The van der Waals surface area contributed by atoms with Crippen LogP contribution in [-0.4, -0.2) is 12.2 Å². The molecule has 2 aromatic carbocycles. The zero-order valence-corrected chi connectivity index (χ0v) is 12.5. The maximum Gasteiger partial charge on any atom is 0.121 e. The van der Waals surface area contributed by atoms with E-state index in [9.17, 15) is 5.11 Å². The number of ether oxygens (including phenoxy) is 1. The third kappa shape index (κ3) is 3.39. The van der Waals surface area contributed by atoms with Crippen LogP contribution in [0.2, 0.25) is 5.02 Å². The van der Waals surface area contributed by atoms with Crippen LogP contribution in [0.5, 0.6) is 11.5 Å². The average Bonchev–Trinajstić information content (AvgIpc) is 2.48. The highest BCUT2D eigenvalue weighted by Gasteiger charge is 2.13. The summed E-state index contributed by atoms with van der Waals surface area (Å²) in [5, 5.41) is 22.8. The lowest BCUT2D eigenvalue weighted by molar-refractivity contribution is 0.410. The molecule has 0 aliphatic rings. The van der Waals surface area contributed by atoms with E-state index in [1.807, 2.05) is 6.92 Å². The number of nitrogens with zero attached hydrogens (tertiary/aromatic N) is 1. The standard InChI is InChI=1S/C16H15ClN2O2/c1-10(14-8-13(21-2)5-6-16(14)20)19-15-7-12(17)4-3-11(15)9-18/h3-8,10,19-20H,1-2H3. The molecule has 0 spiro atoms. The molecule has 0 fully saturated rings. The zero-order chi connectivity index (χ0) is 15.4. The second kappa shape index (κ2) is 6.38. The lowest BCUT2D eigenvalue weighted by Gasteiger charge is -2.18. The Labute approximate surface area is 128 Å². The van der Waals surface area contributed by atoms with Crippen LogP contribution in [0.3, 0.4) is 0 Å². The lowest BCUT2D eigenvalue weighted by Crippen LogP contribution is -2.08. The van der Waals surface area contributed by atoms with E-state index in [1.54, 1.807) is 43.5 Å². The van der Waals surface area contributed by atoms with Crippen LogP contribution in [0, 0.1) is 11.3 Å². The molecule has 2 N–H and O–H groups in total. The van der Waals surface area contributed by atoms with Gasteiger partial charge in [0.25, 0.3) is 0 Å². The first-order valence-electron chi connectivity index (χ1n) is 6.38. The predicted octanol–water partition coefficient (Wildman–Crippen LogP) is 4.10. The second-order valence-corrected chi connectivity index (χ2v) is 5.03. The highest BCUT2D eigenvalue weighted by atomic mass is 35.5. The summed E-state index contributed by atoms with van der Waals surface area (Å²) in [5.41, 5.74) is 1.80. The predicted molar refractivity (Wildman–Crippen MR) is 82.9 cm³/mol. The monoisotopic (exact) mass is 302 g/mol. The van der Waals surface area contributed by atoms with Gasteiger partial charge in [0.1, 0.15) is 17.6 Å². The fourth-order valence-electron chi connectivity index (χ4n) is 2.05. The lowest BCUT2D eigenvalue weighted by atomic mass is 10.1. The molecule has 0 saturated carbocycles. The van der Waals surface area contributed by atoms with Crippen molar-refractivity contribution in [2.75, 3.05) is 12.4 Å². The van der Waals surface area contributed by atoms with Crippen LogP contribution in [-0.2, 0) is 0 Å². The molecule has 1 unspecified atom stereocenters. The van der Waals surface area contributed by atoms with E-state index >= 15 is 0 Å². The number of aromatic hydroxyl groups is 1. The highest BCUT2D eigenvalue weighted by molar-refractivity contribution is 6.30. The topological polar surface area (TPSA) is 65.3 Å². The Kier molecular flexibility index (Phi) is 4.56. The number of nitriles is 1. The molecule has 108 valence electrons. The Morgan fingerprint density at radius 3 is 2.71 bits per heavy atom. The third-order valence-corrected chi connectivity index (χ3v) is 3.41. The molecule has 0 bridgehead atoms. The smallest absolute Gasteiger partial charge is 0.121 e. The summed E-state index contributed by atoms with van der Waals surface area (Å²) in [6, 6.07) is 11.9. The van der Waals surface area contributed by atoms with Crippen molar-refractivity contribution < 1.29 is 9.84 Å². The number of hydrogen-bond donors (Lipinski definition) is 2. The van der Waals surface area contributed by atoms with Gasteiger partial charge in [-0.15, -0.1) is 0 Å². The van der Waals surface area contributed by atoms with Crippen LogP contribution >= 0.6 is 11.6 Å². The van der Waals surface area contributed by atoms with Crippen molar-refractivity contribution in [3.05, 3.63) is 52.5 Å². The Morgan fingerprint density at radius 2 is 2.05 bits per heavy atom. The first-order chi connectivity index (χ1) is 10.0. The largest absolute Gasteiger partial charge is 0.508 e. The van der Waals surface area contributed by atoms with Crippen molar-refractivity contribution in [3.8, 4) is 17.6 Å². The molecule has 0 radical (unpaired) electrons. The molecule has 0 aliphatic carbocycles. The first-order valence-corrected chi connectivity index (χ1v) is 6.76. The van der Waals surface area contributed by atoms with E-state index in [0.29, 0.717) is 27.6 Å². The van der Waals surface area contributed by atoms with Crippen molar-refractivity contribution in [3.63, 3.8) is 0 Å². The molecule has 4 nitrogen and oxygen atoms in total. The molecule has 0 aromatic heterocycles. The van der Waals surface area contributed by atoms with Crippen molar-refractivity contribution in [2.45, 2.75) is 13.0 Å². The van der Waals surface area contributed by atoms with Gasteiger partial charge in [0.2, 0.25) is 0 Å². The summed E-state index contributed by atoms with van der Waals surface area (Å²) in [4.78, 5) is 0. The Morgan fingerprint density at radius 1 is 1.29 bits per heavy atom. The second-order valence-electron chi connectivity index (χ2n) is 4.59. The van der Waals surface area contributed by atoms with E-state index in [1.165, 1.54) is 0 Å². The fourth-order valence-corrected chi connectivity index (χ4v) is 2.22. The normalized spacial score (nSPS) is 11.5. The SMILES string of the molecule is COc1ccc(O)c(C(C)Nc2cc(Cl)ccc2C#N)c1. The van der Waals surface area contributed by atoms with Gasteiger partial charge in [0, 0.05) is 10.6 Å². The molecule has 0 saturated heterocycles. The van der Waals surface area contributed by atoms with Gasteiger partial charge in [0.15, 0.2) is 0 Å². The Hall–Kier alpha value is -2.38. The molecule has 2 rings (SSSR count). The van der Waals surface area contributed by atoms with Crippen LogP contribution < -0.4 is 10.1 Å². The van der Waals surface area contributed by atoms with E-state index < -0.39 is 0 Å². The Bertz CT molecular complexity index is 695. The first kappa shape index (κ1) is 15.0. The van der Waals surface area contributed by atoms with Gasteiger partial charge < -0.3 is 15.2 Å². The molecule has 1 atom stereocenters. The molecule has 2 aromatic rings. The summed E-state index contributed by atoms with van der Waals surface area (Å²) in [6.07, 6.45) is 0. The van der Waals surface area contributed by atoms with Crippen molar-refractivity contribution in [1.29, 1.82) is 5.26 Å². The number of anilines is 1. The molecule has 0 amide bonds. The van der Waals surface area contributed by atoms with Crippen LogP contribution in [0.4, 0.5) is 5.69 Å². The van der Waals surface area contributed by atoms with Crippen molar-refractivity contribution in [2.24, 2.45) is 0 Å². The van der Waals surface area contributed by atoms with E-state index in [4.69, 9.17) is 21.6 Å². The fraction of sp³-hybridized carbons (Fsp3) is 0.188. The summed E-state index contributed by atoms with van der Waals surface area (Å²) in [5.74, 6) is 0.819. The van der Waals surface area contributed by atoms with Gasteiger partial charge in [-0.05, 0) is 43.3 Å². The summed E-state index contributed by atoms with van der Waals surface area (Å²) in [6.45, 7) is 1.89. The number of halogens is 1. The Balaban J connectivity index is 2.32. The third-order valence-electron chi connectivity index (χ3n) is 3.18. The molecule has 5 heteroatoms. The summed E-state index contributed by atoms with van der Waals surface area (Å²) >= 11 is 5.96. The number of hydrogen-bond acceptors (Lipinski definition) is 4. The maximum atomic E-state index is 9.97. The minimum atomic E-state index is -0.217. The molecule has 21 heavy (non-hydrogen) atoms. The van der Waals surface area contributed by atoms with E-state index in [0.717, 1.165) is 0 Å². The minimum Gasteiger partial charge on any atom is -0.508 e. The van der Waals surface area contributed by atoms with E-state index in [-0.39, 0.29) is 11.8 Å². The average molecular weight is 303 g/mol. The highest BCUT2D eigenvalue weighted by Crippen LogP contribution is 2.32. The quantitative estimate of drug-likeness (QED) is 0.892. The zero-order valence-electron chi connectivity index (χ0n) is 11.7. The van der Waals surface area contributed by atoms with Gasteiger partial charge in [0.05, 0.1) is 24.4 Å². The van der Waals surface area contributed by atoms with Gasteiger partial charge in [-0.1, -0.05) is 11.6 Å². The summed E-state index contributed by atoms with van der Waals surface area (Å²) < 4.78 is 5.16. The number of methoxy groups -OCH3 is 1. The molecular formula is C16H15ClN2O2. The van der Waals surface area contributed by atoms with Crippen molar-refractivity contribution in [1.82, 2.24) is 0 Å². The van der Waals surface area contributed by atoms with Gasteiger partial charge >= 0.3 is 0 Å². The summed E-state index contributed by atoms with van der Waals surface area (Å²) in [7, 11) is 1.57. The maximum absolute atomic E-state index is 9.97. The van der Waals surface area contributed by atoms with Crippen LogP contribution in [0.1, 0.15) is 24.1 Å². The van der Waals surface area contributed by atoms with Gasteiger partial charge in [-0.25, -0.2) is 0 Å². The van der Waals surface area contributed by atoms with Gasteiger partial charge in [-0.3, -0.25) is 0 Å². The van der Waals surface area contributed by atoms with E-state index in [2.05, 4.69) is 11.4 Å². The minimum absolute atomic E-state index is 0.163. The number of rotatable bonds is 4. The number of phenols is 1. The van der Waals surface area contributed by atoms with Gasteiger partial charge in [-0.2, -0.15) is 5.26 Å². The molecule has 0 aliphatic heterocycles. The number of benzene rings is 2. The van der Waals surface area contributed by atoms with Crippen LogP contribution in [0.25, 0.3) is 0 Å².